The minimum Gasteiger partial charge on any atom is -0.497 e. The maximum Gasteiger partial charge on any atom is 0.349 e. The van der Waals surface area contributed by atoms with E-state index < -0.39 is 5.97 Å². The highest BCUT2D eigenvalue weighted by Crippen LogP contribution is 2.18. The van der Waals surface area contributed by atoms with E-state index in [1.54, 1.807) is 55.6 Å². The zero-order valence-corrected chi connectivity index (χ0v) is 11.6. The van der Waals surface area contributed by atoms with Crippen LogP contribution in [0.5, 0.6) is 17.2 Å². The number of halogens is 1. The van der Waals surface area contributed by atoms with Gasteiger partial charge >= 0.3 is 5.97 Å². The van der Waals surface area contributed by atoms with E-state index in [-0.39, 0.29) is 6.61 Å². The van der Waals surface area contributed by atoms with Gasteiger partial charge in [-0.2, -0.15) is 0 Å². The Morgan fingerprint density at radius 2 is 1.75 bits per heavy atom. The van der Waals surface area contributed by atoms with Crippen molar-refractivity contribution in [3.8, 4) is 17.2 Å². The van der Waals surface area contributed by atoms with Crippen LogP contribution in [0.2, 0.25) is 5.02 Å². The van der Waals surface area contributed by atoms with Gasteiger partial charge in [-0.25, -0.2) is 4.79 Å². The number of methoxy groups -OCH3 is 1. The molecule has 2 rings (SSSR count). The van der Waals surface area contributed by atoms with Gasteiger partial charge in [0.15, 0.2) is 6.61 Å². The fourth-order valence-electron chi connectivity index (χ4n) is 1.50. The lowest BCUT2D eigenvalue weighted by Gasteiger charge is -2.07. The van der Waals surface area contributed by atoms with Crippen LogP contribution in [0.1, 0.15) is 0 Å². The molecule has 0 heterocycles. The van der Waals surface area contributed by atoms with Crippen molar-refractivity contribution in [3.05, 3.63) is 53.6 Å². The molecular weight excluding hydrogens is 280 g/mol. The molecule has 0 aromatic heterocycles. The Hall–Kier alpha value is -2.20. The van der Waals surface area contributed by atoms with E-state index in [2.05, 4.69) is 0 Å². The van der Waals surface area contributed by atoms with Crippen LogP contribution >= 0.6 is 11.6 Å². The topological polar surface area (TPSA) is 44.8 Å². The lowest BCUT2D eigenvalue weighted by molar-refractivity contribution is -0.136. The number of carbonyl (C=O) groups excluding carboxylic acids is 1. The highest BCUT2D eigenvalue weighted by atomic mass is 35.5. The van der Waals surface area contributed by atoms with E-state index in [9.17, 15) is 4.79 Å². The number of hydrogen-bond donors (Lipinski definition) is 0. The Labute approximate surface area is 121 Å². The summed E-state index contributed by atoms with van der Waals surface area (Å²) in [6.45, 7) is -0.188. The molecular formula is C15H13ClO4. The third-order valence-electron chi connectivity index (χ3n) is 2.44. The number of carbonyl (C=O) groups is 1. The average molecular weight is 293 g/mol. The molecule has 0 aliphatic carbocycles. The Morgan fingerprint density at radius 3 is 2.40 bits per heavy atom. The van der Waals surface area contributed by atoms with Crippen LogP contribution in [0, 0.1) is 0 Å². The molecule has 0 spiro atoms. The second-order valence-electron chi connectivity index (χ2n) is 3.90. The van der Waals surface area contributed by atoms with Crippen LogP contribution in [0.15, 0.2) is 48.5 Å². The van der Waals surface area contributed by atoms with E-state index in [1.807, 2.05) is 0 Å². The SMILES string of the molecule is COc1ccc(OC(=O)COc2cccc(Cl)c2)cc1. The third-order valence-corrected chi connectivity index (χ3v) is 2.68. The van der Waals surface area contributed by atoms with Crippen LogP contribution in [-0.4, -0.2) is 19.7 Å². The Kier molecular flexibility index (Phi) is 4.85. The molecule has 0 saturated carbocycles. The van der Waals surface area contributed by atoms with Gasteiger partial charge in [-0.3, -0.25) is 0 Å². The molecule has 104 valence electrons. The summed E-state index contributed by atoms with van der Waals surface area (Å²) >= 11 is 5.81. The first-order chi connectivity index (χ1) is 9.67. The van der Waals surface area contributed by atoms with Gasteiger partial charge in [-0.15, -0.1) is 0 Å². The van der Waals surface area contributed by atoms with Crippen LogP contribution in [0.25, 0.3) is 0 Å². The predicted octanol–water partition coefficient (Wildman–Crippen LogP) is 3.33. The fourth-order valence-corrected chi connectivity index (χ4v) is 1.68. The smallest absolute Gasteiger partial charge is 0.349 e. The molecule has 0 radical (unpaired) electrons. The van der Waals surface area contributed by atoms with Crippen molar-refractivity contribution in [2.24, 2.45) is 0 Å². The predicted molar refractivity (Wildman–Crippen MR) is 75.6 cm³/mol. The van der Waals surface area contributed by atoms with Crippen molar-refractivity contribution >= 4 is 17.6 Å². The monoisotopic (exact) mass is 292 g/mol. The average Bonchev–Trinajstić information content (AvgIpc) is 2.46. The largest absolute Gasteiger partial charge is 0.497 e. The van der Waals surface area contributed by atoms with Gasteiger partial charge in [0.25, 0.3) is 0 Å². The molecule has 20 heavy (non-hydrogen) atoms. The van der Waals surface area contributed by atoms with Crippen LogP contribution < -0.4 is 14.2 Å². The molecule has 0 aliphatic rings. The molecule has 0 bridgehead atoms. The highest BCUT2D eigenvalue weighted by Gasteiger charge is 2.06. The van der Waals surface area contributed by atoms with Crippen molar-refractivity contribution < 1.29 is 19.0 Å². The van der Waals surface area contributed by atoms with Gasteiger partial charge in [0, 0.05) is 5.02 Å². The first kappa shape index (κ1) is 14.2. The van der Waals surface area contributed by atoms with Crippen LogP contribution in [-0.2, 0) is 4.79 Å². The lowest BCUT2D eigenvalue weighted by atomic mass is 10.3. The Bertz CT molecular complexity index is 581. The van der Waals surface area contributed by atoms with Gasteiger partial charge in [0.2, 0.25) is 0 Å². The molecule has 0 atom stereocenters. The summed E-state index contributed by atoms with van der Waals surface area (Å²) in [5.41, 5.74) is 0. The maximum absolute atomic E-state index is 11.6. The standard InChI is InChI=1S/C15H13ClO4/c1-18-12-5-7-13(8-6-12)20-15(17)10-19-14-4-2-3-11(16)9-14/h2-9H,10H2,1H3. The highest BCUT2D eigenvalue weighted by molar-refractivity contribution is 6.30. The van der Waals surface area contributed by atoms with E-state index in [0.717, 1.165) is 0 Å². The quantitative estimate of drug-likeness (QED) is 0.626. The summed E-state index contributed by atoms with van der Waals surface area (Å²) < 4.78 is 15.4. The van der Waals surface area contributed by atoms with Crippen LogP contribution in [0.3, 0.4) is 0 Å². The van der Waals surface area contributed by atoms with Crippen molar-refractivity contribution in [2.45, 2.75) is 0 Å². The second kappa shape index (κ2) is 6.82. The van der Waals surface area contributed by atoms with Crippen LogP contribution in [0.4, 0.5) is 0 Å². The molecule has 0 aliphatic heterocycles. The van der Waals surface area contributed by atoms with Gasteiger partial charge in [-0.1, -0.05) is 17.7 Å². The van der Waals surface area contributed by atoms with E-state index in [4.69, 9.17) is 25.8 Å². The number of rotatable bonds is 5. The maximum atomic E-state index is 11.6. The number of esters is 1. The van der Waals surface area contributed by atoms with Gasteiger partial charge in [0.05, 0.1) is 7.11 Å². The van der Waals surface area contributed by atoms with Gasteiger partial charge < -0.3 is 14.2 Å². The van der Waals surface area contributed by atoms with E-state index >= 15 is 0 Å². The lowest BCUT2D eigenvalue weighted by Crippen LogP contribution is -2.17. The first-order valence-corrected chi connectivity index (χ1v) is 6.28. The molecule has 0 N–H and O–H groups in total. The van der Waals surface area contributed by atoms with Crippen molar-refractivity contribution in [1.82, 2.24) is 0 Å². The summed E-state index contributed by atoms with van der Waals surface area (Å²) in [5, 5.41) is 0.547. The Morgan fingerprint density at radius 1 is 1.05 bits per heavy atom. The first-order valence-electron chi connectivity index (χ1n) is 5.90. The minimum absolute atomic E-state index is 0.188. The normalized spacial score (nSPS) is 9.90. The summed E-state index contributed by atoms with van der Waals surface area (Å²) in [7, 11) is 1.57. The molecule has 0 amide bonds. The zero-order valence-electron chi connectivity index (χ0n) is 10.8. The van der Waals surface area contributed by atoms with Crippen molar-refractivity contribution in [3.63, 3.8) is 0 Å². The third kappa shape index (κ3) is 4.17. The summed E-state index contributed by atoms with van der Waals surface area (Å²) in [4.78, 5) is 11.6. The Balaban J connectivity index is 1.85. The summed E-state index contributed by atoms with van der Waals surface area (Å²) in [6.07, 6.45) is 0. The van der Waals surface area contributed by atoms with Crippen molar-refractivity contribution in [1.29, 1.82) is 0 Å². The van der Waals surface area contributed by atoms with E-state index in [0.29, 0.717) is 22.3 Å². The molecule has 2 aromatic carbocycles. The van der Waals surface area contributed by atoms with Gasteiger partial charge in [0.1, 0.15) is 17.2 Å². The molecule has 0 saturated heterocycles. The van der Waals surface area contributed by atoms with E-state index in [1.165, 1.54) is 0 Å². The zero-order chi connectivity index (χ0) is 14.4. The van der Waals surface area contributed by atoms with Gasteiger partial charge in [-0.05, 0) is 42.5 Å². The number of hydrogen-bond acceptors (Lipinski definition) is 4. The molecule has 2 aromatic rings. The number of benzene rings is 2. The van der Waals surface area contributed by atoms with Crippen molar-refractivity contribution in [2.75, 3.05) is 13.7 Å². The summed E-state index contributed by atoms with van der Waals surface area (Å²) in [6, 6.07) is 13.5. The summed E-state index contributed by atoms with van der Waals surface area (Å²) in [5.74, 6) is 1.16. The number of ether oxygens (including phenoxy) is 3. The molecule has 0 fully saturated rings. The molecule has 0 unspecified atom stereocenters. The second-order valence-corrected chi connectivity index (χ2v) is 4.33. The molecule has 5 heteroatoms. The fraction of sp³-hybridized carbons (Fsp3) is 0.133. The minimum atomic E-state index is -0.491. The molecule has 4 nitrogen and oxygen atoms in total.